The Morgan fingerprint density at radius 3 is 2.85 bits per heavy atom. The van der Waals surface area contributed by atoms with E-state index in [2.05, 4.69) is 32.6 Å². The molecular weight excluding hydrogens is 383 g/mol. The molecule has 1 aromatic rings. The minimum absolute atomic E-state index is 0. The van der Waals surface area contributed by atoms with E-state index in [0.717, 1.165) is 35.7 Å². The van der Waals surface area contributed by atoms with Crippen LogP contribution in [0.5, 0.6) is 0 Å². The summed E-state index contributed by atoms with van der Waals surface area (Å²) in [6.45, 7) is 3.87. The molecular formula is C14H25IN4S. The summed E-state index contributed by atoms with van der Waals surface area (Å²) >= 11 is 1.70. The van der Waals surface area contributed by atoms with Gasteiger partial charge in [-0.15, -0.1) is 35.3 Å². The highest BCUT2D eigenvalue weighted by Crippen LogP contribution is 2.33. The summed E-state index contributed by atoms with van der Waals surface area (Å²) in [6.07, 6.45) is 5.49. The lowest BCUT2D eigenvalue weighted by Crippen LogP contribution is -2.38. The number of nitrogens with zero attached hydrogens (tertiary/aromatic N) is 3. The SMILES string of the molecule is CN=C(NCCCC1CC1)N(C)Cc1csc(C)n1.I. The number of rotatable bonds is 6. The summed E-state index contributed by atoms with van der Waals surface area (Å²) < 4.78 is 0. The van der Waals surface area contributed by atoms with Crippen molar-refractivity contribution in [2.75, 3.05) is 20.6 Å². The Hall–Kier alpha value is -0.370. The zero-order valence-electron chi connectivity index (χ0n) is 12.6. The molecule has 0 aromatic carbocycles. The van der Waals surface area contributed by atoms with E-state index in [0.29, 0.717) is 0 Å². The lowest BCUT2D eigenvalue weighted by Gasteiger charge is -2.21. The number of halogens is 1. The second kappa shape index (κ2) is 8.81. The monoisotopic (exact) mass is 408 g/mol. The Morgan fingerprint density at radius 2 is 2.30 bits per heavy atom. The zero-order valence-corrected chi connectivity index (χ0v) is 15.7. The molecule has 0 saturated heterocycles. The molecule has 1 aliphatic rings. The van der Waals surface area contributed by atoms with E-state index < -0.39 is 0 Å². The maximum Gasteiger partial charge on any atom is 0.193 e. The molecule has 4 nitrogen and oxygen atoms in total. The third-order valence-corrected chi connectivity index (χ3v) is 4.23. The first-order chi connectivity index (χ1) is 9.19. The molecule has 1 N–H and O–H groups in total. The molecule has 0 spiro atoms. The standard InChI is InChI=1S/C14H24N4S.HI/c1-11-17-13(10-19-11)9-18(3)14(15-2)16-8-4-5-12-6-7-12;/h10,12H,4-9H2,1-3H3,(H,15,16);1H. The maximum atomic E-state index is 4.49. The molecule has 0 bridgehead atoms. The number of thiazole rings is 1. The van der Waals surface area contributed by atoms with Gasteiger partial charge in [0.25, 0.3) is 0 Å². The minimum atomic E-state index is 0. The predicted octanol–water partition coefficient (Wildman–Crippen LogP) is 3.27. The van der Waals surface area contributed by atoms with E-state index in [1.165, 1.54) is 25.7 Å². The van der Waals surface area contributed by atoms with Crippen LogP contribution in [-0.2, 0) is 6.54 Å². The fourth-order valence-electron chi connectivity index (χ4n) is 2.18. The topological polar surface area (TPSA) is 40.5 Å². The van der Waals surface area contributed by atoms with Crippen molar-refractivity contribution in [1.29, 1.82) is 0 Å². The van der Waals surface area contributed by atoms with E-state index >= 15 is 0 Å². The van der Waals surface area contributed by atoms with Crippen molar-refractivity contribution < 1.29 is 0 Å². The predicted molar refractivity (Wildman–Crippen MR) is 97.1 cm³/mol. The van der Waals surface area contributed by atoms with Crippen molar-refractivity contribution in [3.8, 4) is 0 Å². The van der Waals surface area contributed by atoms with Gasteiger partial charge in [0.1, 0.15) is 0 Å². The number of hydrogen-bond acceptors (Lipinski definition) is 3. The number of aliphatic imine (C=N–C) groups is 1. The summed E-state index contributed by atoms with van der Waals surface area (Å²) in [5.74, 6) is 1.97. The lowest BCUT2D eigenvalue weighted by atomic mass is 10.2. The average molecular weight is 408 g/mol. The third kappa shape index (κ3) is 5.95. The number of aryl methyl sites for hydroxylation is 1. The molecule has 1 saturated carbocycles. The van der Waals surface area contributed by atoms with E-state index in [1.807, 2.05) is 14.0 Å². The largest absolute Gasteiger partial charge is 0.356 e. The highest BCUT2D eigenvalue weighted by Gasteiger charge is 2.20. The fourth-order valence-corrected chi connectivity index (χ4v) is 2.78. The molecule has 0 unspecified atom stereocenters. The quantitative estimate of drug-likeness (QED) is 0.340. The van der Waals surface area contributed by atoms with Crippen LogP contribution in [-0.4, -0.2) is 36.5 Å². The molecule has 0 atom stereocenters. The van der Waals surface area contributed by atoms with Crippen LogP contribution in [0.3, 0.4) is 0 Å². The Kier molecular flexibility index (Phi) is 7.79. The molecule has 1 fully saturated rings. The van der Waals surface area contributed by atoms with Gasteiger partial charge in [-0.1, -0.05) is 12.8 Å². The van der Waals surface area contributed by atoms with Crippen LogP contribution in [0.15, 0.2) is 10.4 Å². The number of hydrogen-bond donors (Lipinski definition) is 1. The van der Waals surface area contributed by atoms with E-state index in [4.69, 9.17) is 0 Å². The molecule has 0 radical (unpaired) electrons. The van der Waals surface area contributed by atoms with Gasteiger partial charge in [-0.05, 0) is 25.7 Å². The average Bonchev–Trinajstić information content (AvgIpc) is 3.12. The Bertz CT molecular complexity index is 429. The van der Waals surface area contributed by atoms with Crippen LogP contribution in [0.2, 0.25) is 0 Å². The summed E-state index contributed by atoms with van der Waals surface area (Å²) in [7, 11) is 3.90. The molecule has 1 heterocycles. The second-order valence-electron chi connectivity index (χ2n) is 5.27. The van der Waals surface area contributed by atoms with Crippen molar-refractivity contribution >= 4 is 41.3 Å². The van der Waals surface area contributed by atoms with Crippen LogP contribution >= 0.6 is 35.3 Å². The van der Waals surface area contributed by atoms with Gasteiger partial charge >= 0.3 is 0 Å². The summed E-state index contributed by atoms with van der Waals surface area (Å²) in [6, 6.07) is 0. The molecule has 0 amide bonds. The Labute approximate surface area is 143 Å². The normalized spacial score (nSPS) is 14.8. The van der Waals surface area contributed by atoms with Gasteiger partial charge in [-0.3, -0.25) is 4.99 Å². The molecule has 0 aliphatic heterocycles. The molecule has 20 heavy (non-hydrogen) atoms. The van der Waals surface area contributed by atoms with Gasteiger partial charge in [-0.2, -0.15) is 0 Å². The van der Waals surface area contributed by atoms with E-state index in [-0.39, 0.29) is 24.0 Å². The summed E-state index contributed by atoms with van der Waals surface area (Å²) in [5, 5.41) is 6.67. The first-order valence-corrected chi connectivity index (χ1v) is 7.90. The van der Waals surface area contributed by atoms with Gasteiger partial charge in [-0.25, -0.2) is 4.98 Å². The second-order valence-corrected chi connectivity index (χ2v) is 6.34. The van der Waals surface area contributed by atoms with Crippen LogP contribution in [0.25, 0.3) is 0 Å². The van der Waals surface area contributed by atoms with E-state index in [9.17, 15) is 0 Å². The maximum absolute atomic E-state index is 4.49. The van der Waals surface area contributed by atoms with Gasteiger partial charge in [0.05, 0.1) is 17.2 Å². The van der Waals surface area contributed by atoms with Crippen molar-refractivity contribution in [3.63, 3.8) is 0 Å². The van der Waals surface area contributed by atoms with Crippen molar-refractivity contribution in [2.24, 2.45) is 10.9 Å². The Balaban J connectivity index is 0.00000200. The van der Waals surface area contributed by atoms with Crippen molar-refractivity contribution in [2.45, 2.75) is 39.2 Å². The van der Waals surface area contributed by atoms with Crippen molar-refractivity contribution in [3.05, 3.63) is 16.1 Å². The smallest absolute Gasteiger partial charge is 0.193 e. The fraction of sp³-hybridized carbons (Fsp3) is 0.714. The van der Waals surface area contributed by atoms with E-state index in [1.54, 1.807) is 11.3 Å². The highest BCUT2D eigenvalue weighted by atomic mass is 127. The van der Waals surface area contributed by atoms with Gasteiger partial charge in [0.2, 0.25) is 0 Å². The molecule has 6 heteroatoms. The van der Waals surface area contributed by atoms with Crippen molar-refractivity contribution in [1.82, 2.24) is 15.2 Å². The summed E-state index contributed by atoms with van der Waals surface area (Å²) in [4.78, 5) is 11.0. The minimum Gasteiger partial charge on any atom is -0.356 e. The molecule has 2 rings (SSSR count). The highest BCUT2D eigenvalue weighted by molar-refractivity contribution is 14.0. The number of aromatic nitrogens is 1. The number of nitrogens with one attached hydrogen (secondary N) is 1. The lowest BCUT2D eigenvalue weighted by molar-refractivity contribution is 0.468. The van der Waals surface area contributed by atoms with Crippen LogP contribution < -0.4 is 5.32 Å². The first kappa shape index (κ1) is 17.7. The number of guanidine groups is 1. The van der Waals surface area contributed by atoms with Gasteiger partial charge in [0, 0.05) is 26.0 Å². The van der Waals surface area contributed by atoms with Crippen LogP contribution in [0.4, 0.5) is 0 Å². The van der Waals surface area contributed by atoms with Crippen LogP contribution in [0.1, 0.15) is 36.4 Å². The molecule has 1 aromatic heterocycles. The summed E-state index contributed by atoms with van der Waals surface area (Å²) in [5.41, 5.74) is 1.12. The first-order valence-electron chi connectivity index (χ1n) is 7.02. The molecule has 1 aliphatic carbocycles. The van der Waals surface area contributed by atoms with Gasteiger partial charge in [0.15, 0.2) is 5.96 Å². The molecule has 114 valence electrons. The zero-order chi connectivity index (χ0) is 13.7. The third-order valence-electron chi connectivity index (χ3n) is 3.41. The Morgan fingerprint density at radius 1 is 1.55 bits per heavy atom. The van der Waals surface area contributed by atoms with Gasteiger partial charge < -0.3 is 10.2 Å². The van der Waals surface area contributed by atoms with Crippen LogP contribution in [0, 0.1) is 12.8 Å².